The number of nitrogens with zero attached hydrogens (tertiary/aromatic N) is 1. The van der Waals surface area contributed by atoms with E-state index < -0.39 is 0 Å². The number of alkyl halides is 1. The van der Waals surface area contributed by atoms with Gasteiger partial charge in [0.25, 0.3) is 5.91 Å². The summed E-state index contributed by atoms with van der Waals surface area (Å²) in [6.07, 6.45) is 1.02. The molecule has 1 fully saturated rings. The standard InChI is InChI=1S/C17H17Br2NO/c1-11-10-20(7-6-16(11)19)17(21)14-3-2-13-9-15(18)5-4-12(13)8-14/h2-5,8-9,11,16H,6-7,10H2,1H3. The van der Waals surface area contributed by atoms with Gasteiger partial charge >= 0.3 is 0 Å². The Balaban J connectivity index is 1.86. The zero-order valence-electron chi connectivity index (χ0n) is 11.9. The van der Waals surface area contributed by atoms with Gasteiger partial charge in [-0.1, -0.05) is 50.9 Å². The number of likely N-dealkylation sites (tertiary alicyclic amines) is 1. The summed E-state index contributed by atoms with van der Waals surface area (Å²) in [6, 6.07) is 12.1. The van der Waals surface area contributed by atoms with Crippen LogP contribution in [-0.4, -0.2) is 28.7 Å². The summed E-state index contributed by atoms with van der Waals surface area (Å²) in [4.78, 5) is 15.2. The van der Waals surface area contributed by atoms with Crippen LogP contribution < -0.4 is 0 Å². The molecule has 0 saturated carbocycles. The van der Waals surface area contributed by atoms with Gasteiger partial charge in [-0.05, 0) is 47.4 Å². The zero-order chi connectivity index (χ0) is 15.0. The molecule has 1 amide bonds. The van der Waals surface area contributed by atoms with Crippen LogP contribution in [0.4, 0.5) is 0 Å². The van der Waals surface area contributed by atoms with E-state index in [0.717, 1.165) is 40.3 Å². The van der Waals surface area contributed by atoms with Crippen molar-refractivity contribution in [1.29, 1.82) is 0 Å². The van der Waals surface area contributed by atoms with E-state index in [0.29, 0.717) is 10.7 Å². The SMILES string of the molecule is CC1CN(C(=O)c2ccc3cc(Br)ccc3c2)CCC1Br. The van der Waals surface area contributed by atoms with E-state index in [2.05, 4.69) is 44.8 Å². The van der Waals surface area contributed by atoms with Crippen LogP contribution in [0, 0.1) is 5.92 Å². The summed E-state index contributed by atoms with van der Waals surface area (Å²) >= 11 is 7.16. The third-order valence-electron chi connectivity index (χ3n) is 4.14. The molecule has 2 aromatic rings. The van der Waals surface area contributed by atoms with E-state index in [-0.39, 0.29) is 5.91 Å². The van der Waals surface area contributed by atoms with Gasteiger partial charge < -0.3 is 4.90 Å². The second-order valence-electron chi connectivity index (χ2n) is 5.74. The van der Waals surface area contributed by atoms with Crippen LogP contribution in [0.3, 0.4) is 0 Å². The van der Waals surface area contributed by atoms with Crippen LogP contribution in [0.25, 0.3) is 10.8 Å². The lowest BCUT2D eigenvalue weighted by atomic mass is 9.99. The van der Waals surface area contributed by atoms with Crippen LogP contribution in [-0.2, 0) is 0 Å². The van der Waals surface area contributed by atoms with Crippen molar-refractivity contribution in [3.8, 4) is 0 Å². The van der Waals surface area contributed by atoms with Crippen molar-refractivity contribution in [2.75, 3.05) is 13.1 Å². The van der Waals surface area contributed by atoms with Crippen molar-refractivity contribution in [2.24, 2.45) is 5.92 Å². The number of halogens is 2. The van der Waals surface area contributed by atoms with Gasteiger partial charge in [-0.3, -0.25) is 4.79 Å². The van der Waals surface area contributed by atoms with Gasteiger partial charge in [0.05, 0.1) is 0 Å². The average molecular weight is 411 g/mol. The molecule has 2 aromatic carbocycles. The maximum absolute atomic E-state index is 12.7. The molecular weight excluding hydrogens is 394 g/mol. The van der Waals surface area contributed by atoms with Crippen molar-refractivity contribution in [3.05, 3.63) is 46.4 Å². The van der Waals surface area contributed by atoms with Gasteiger partial charge in [-0.25, -0.2) is 0 Å². The van der Waals surface area contributed by atoms with Gasteiger partial charge in [0.2, 0.25) is 0 Å². The third kappa shape index (κ3) is 3.16. The van der Waals surface area contributed by atoms with Gasteiger partial charge in [0, 0.05) is 28.0 Å². The molecule has 1 aliphatic heterocycles. The van der Waals surface area contributed by atoms with Crippen molar-refractivity contribution < 1.29 is 4.79 Å². The lowest BCUT2D eigenvalue weighted by molar-refractivity contribution is 0.0690. The molecule has 21 heavy (non-hydrogen) atoms. The predicted molar refractivity (Wildman–Crippen MR) is 94.0 cm³/mol. The quantitative estimate of drug-likeness (QED) is 0.615. The molecule has 0 aromatic heterocycles. The zero-order valence-corrected chi connectivity index (χ0v) is 15.0. The maximum Gasteiger partial charge on any atom is 0.253 e. The van der Waals surface area contributed by atoms with E-state index >= 15 is 0 Å². The molecule has 1 saturated heterocycles. The summed E-state index contributed by atoms with van der Waals surface area (Å²) in [6.45, 7) is 3.85. The molecular formula is C17H17Br2NO. The first-order valence-corrected chi connectivity index (χ1v) is 8.88. The molecule has 0 radical (unpaired) electrons. The molecule has 1 heterocycles. The van der Waals surface area contributed by atoms with Crippen molar-refractivity contribution in [3.63, 3.8) is 0 Å². The number of piperidine rings is 1. The number of carbonyl (C=O) groups excluding carboxylic acids is 1. The third-order valence-corrected chi connectivity index (χ3v) is 5.99. The summed E-state index contributed by atoms with van der Waals surface area (Å²) in [5.74, 6) is 0.644. The second kappa shape index (κ2) is 6.09. The highest BCUT2D eigenvalue weighted by Gasteiger charge is 2.27. The van der Waals surface area contributed by atoms with Crippen LogP contribution in [0.2, 0.25) is 0 Å². The van der Waals surface area contributed by atoms with E-state index in [1.807, 2.05) is 35.2 Å². The van der Waals surface area contributed by atoms with Crippen molar-refractivity contribution >= 4 is 48.5 Å². The van der Waals surface area contributed by atoms with Crippen LogP contribution in [0.15, 0.2) is 40.9 Å². The molecule has 0 spiro atoms. The maximum atomic E-state index is 12.7. The second-order valence-corrected chi connectivity index (χ2v) is 7.83. The highest BCUT2D eigenvalue weighted by molar-refractivity contribution is 9.10. The lowest BCUT2D eigenvalue weighted by Crippen LogP contribution is -2.43. The number of hydrogen-bond donors (Lipinski definition) is 0. The van der Waals surface area contributed by atoms with Gasteiger partial charge in [0.1, 0.15) is 0 Å². The minimum atomic E-state index is 0.145. The van der Waals surface area contributed by atoms with E-state index in [9.17, 15) is 4.79 Å². The fourth-order valence-electron chi connectivity index (χ4n) is 2.83. The molecule has 2 nitrogen and oxygen atoms in total. The fraction of sp³-hybridized carbons (Fsp3) is 0.353. The minimum Gasteiger partial charge on any atom is -0.338 e. The Kier molecular flexibility index (Phi) is 4.36. The Morgan fingerprint density at radius 3 is 2.67 bits per heavy atom. The highest BCUT2D eigenvalue weighted by Crippen LogP contribution is 2.26. The normalized spacial score (nSPS) is 22.5. The summed E-state index contributed by atoms with van der Waals surface area (Å²) in [5, 5.41) is 2.25. The first-order chi connectivity index (χ1) is 10.0. The molecule has 0 N–H and O–H groups in total. The largest absolute Gasteiger partial charge is 0.338 e. The Bertz CT molecular complexity index is 686. The Morgan fingerprint density at radius 2 is 1.90 bits per heavy atom. The Labute approximate surface area is 141 Å². The highest BCUT2D eigenvalue weighted by atomic mass is 79.9. The first kappa shape index (κ1) is 15.0. The molecule has 3 rings (SSSR count). The molecule has 2 atom stereocenters. The van der Waals surface area contributed by atoms with E-state index in [1.165, 1.54) is 0 Å². The van der Waals surface area contributed by atoms with Crippen molar-refractivity contribution in [1.82, 2.24) is 4.90 Å². The first-order valence-electron chi connectivity index (χ1n) is 7.17. The van der Waals surface area contributed by atoms with Gasteiger partial charge in [-0.15, -0.1) is 0 Å². The van der Waals surface area contributed by atoms with Crippen LogP contribution in [0.5, 0.6) is 0 Å². The van der Waals surface area contributed by atoms with E-state index in [1.54, 1.807) is 0 Å². The molecule has 0 aliphatic carbocycles. The predicted octanol–water partition coefficient (Wildman–Crippen LogP) is 4.85. The smallest absolute Gasteiger partial charge is 0.253 e. The number of hydrogen-bond acceptors (Lipinski definition) is 1. The number of benzene rings is 2. The number of amides is 1. The molecule has 0 bridgehead atoms. The summed E-state index contributed by atoms with van der Waals surface area (Å²) in [7, 11) is 0. The number of fused-ring (bicyclic) bond motifs is 1. The van der Waals surface area contributed by atoms with Crippen molar-refractivity contribution in [2.45, 2.75) is 18.2 Å². The lowest BCUT2D eigenvalue weighted by Gasteiger charge is -2.34. The molecule has 1 aliphatic rings. The van der Waals surface area contributed by atoms with Gasteiger partial charge in [-0.2, -0.15) is 0 Å². The Morgan fingerprint density at radius 1 is 1.19 bits per heavy atom. The monoisotopic (exact) mass is 409 g/mol. The molecule has 110 valence electrons. The van der Waals surface area contributed by atoms with Gasteiger partial charge in [0.15, 0.2) is 0 Å². The van der Waals surface area contributed by atoms with Crippen LogP contribution in [0.1, 0.15) is 23.7 Å². The van der Waals surface area contributed by atoms with Crippen LogP contribution >= 0.6 is 31.9 Å². The molecule has 2 unspecified atom stereocenters. The number of carbonyl (C=O) groups is 1. The molecule has 4 heteroatoms. The number of rotatable bonds is 1. The summed E-state index contributed by atoms with van der Waals surface area (Å²) in [5.41, 5.74) is 0.782. The average Bonchev–Trinajstić information content (AvgIpc) is 2.49. The summed E-state index contributed by atoms with van der Waals surface area (Å²) < 4.78 is 1.06. The minimum absolute atomic E-state index is 0.145. The fourth-order valence-corrected chi connectivity index (χ4v) is 3.58. The topological polar surface area (TPSA) is 20.3 Å². The Hall–Kier alpha value is -0.870. The van der Waals surface area contributed by atoms with E-state index in [4.69, 9.17) is 0 Å².